The van der Waals surface area contributed by atoms with Crippen LogP contribution in [0.15, 0.2) is 195 Å². The highest BCUT2D eigenvalue weighted by Crippen LogP contribution is 2.31. The number of fused-ring (bicyclic) bond motifs is 1. The molecule has 0 spiro atoms. The van der Waals surface area contributed by atoms with E-state index >= 15 is 0 Å². The summed E-state index contributed by atoms with van der Waals surface area (Å²) in [5.41, 5.74) is 10.2. The first kappa shape index (κ1) is 32.2. The van der Waals surface area contributed by atoms with E-state index in [0.29, 0.717) is 23.0 Å². The van der Waals surface area contributed by atoms with E-state index < -0.39 is 0 Å². The minimum absolute atomic E-state index is 0.520. The molecule has 0 atom stereocenters. The number of nitrogens with zero attached hydrogens (tertiary/aromatic N) is 4. The summed E-state index contributed by atoms with van der Waals surface area (Å²) in [4.78, 5) is 19.0. The van der Waals surface area contributed by atoms with Crippen molar-refractivity contribution in [2.75, 3.05) is 0 Å². The summed E-state index contributed by atoms with van der Waals surface area (Å²) in [7, 11) is 0. The zero-order chi connectivity index (χ0) is 35.1. The summed E-state index contributed by atoms with van der Waals surface area (Å²) < 4.78 is 0. The van der Waals surface area contributed by atoms with Gasteiger partial charge in [0.15, 0.2) is 17.5 Å². The zero-order valence-corrected chi connectivity index (χ0v) is 28.5. The maximum absolute atomic E-state index is 4.92. The van der Waals surface area contributed by atoms with Gasteiger partial charge in [-0.05, 0) is 61.9 Å². The highest BCUT2D eigenvalue weighted by molar-refractivity contribution is 5.97. The second-order valence-electron chi connectivity index (χ2n) is 12.5. The van der Waals surface area contributed by atoms with Crippen LogP contribution in [-0.4, -0.2) is 19.9 Å². The topological polar surface area (TPSA) is 51.6 Å². The number of hydrogen-bond acceptors (Lipinski definition) is 4. The third-order valence-electron chi connectivity index (χ3n) is 9.00. The van der Waals surface area contributed by atoms with Crippen LogP contribution >= 0.6 is 0 Å². The van der Waals surface area contributed by atoms with Crippen molar-refractivity contribution in [2.24, 2.45) is 0 Å². The van der Waals surface area contributed by atoms with Gasteiger partial charge in [-0.25, -0.2) is 15.0 Å². The number of pyridine rings is 1. The molecule has 0 fully saturated rings. The molecule has 8 aromatic rings. The average molecular weight is 667 g/mol. The molecule has 0 saturated carbocycles. The van der Waals surface area contributed by atoms with E-state index in [-0.39, 0.29) is 0 Å². The normalized spacial score (nSPS) is 11.6. The lowest BCUT2D eigenvalue weighted by Crippen LogP contribution is -2.02. The number of allylic oxidation sites excluding steroid dienone is 4. The largest absolute Gasteiger partial charge is 0.264 e. The predicted octanol–water partition coefficient (Wildman–Crippen LogP) is 11.9. The van der Waals surface area contributed by atoms with Crippen LogP contribution in [0.4, 0.5) is 0 Å². The molecule has 4 nitrogen and oxygen atoms in total. The molecule has 0 unspecified atom stereocenters. The Labute approximate surface area is 303 Å². The van der Waals surface area contributed by atoms with Gasteiger partial charge < -0.3 is 0 Å². The lowest BCUT2D eigenvalue weighted by molar-refractivity contribution is 1.04. The Bertz CT molecular complexity index is 2480. The maximum Gasteiger partial charge on any atom is 0.164 e. The lowest BCUT2D eigenvalue weighted by Gasteiger charge is -2.11. The maximum atomic E-state index is 4.92. The van der Waals surface area contributed by atoms with Crippen molar-refractivity contribution in [3.63, 3.8) is 0 Å². The summed E-state index contributed by atoms with van der Waals surface area (Å²) >= 11 is 0. The minimum Gasteiger partial charge on any atom is -0.264 e. The summed E-state index contributed by atoms with van der Waals surface area (Å²) in [6.07, 6.45) is 10.00. The monoisotopic (exact) mass is 666 g/mol. The van der Waals surface area contributed by atoms with Crippen LogP contribution in [0.3, 0.4) is 0 Å². The quantitative estimate of drug-likeness (QED) is 0.144. The Morgan fingerprint density at radius 1 is 0.500 bits per heavy atom. The van der Waals surface area contributed by atoms with Crippen LogP contribution < -0.4 is 0 Å². The van der Waals surface area contributed by atoms with Gasteiger partial charge in [0, 0.05) is 29.1 Å². The Morgan fingerprint density at radius 2 is 1.12 bits per heavy atom. The van der Waals surface area contributed by atoms with Crippen LogP contribution in [0.1, 0.15) is 17.0 Å². The van der Waals surface area contributed by atoms with Crippen molar-refractivity contribution in [1.82, 2.24) is 19.9 Å². The first-order valence-corrected chi connectivity index (χ1v) is 17.2. The van der Waals surface area contributed by atoms with Gasteiger partial charge in [-0.1, -0.05) is 176 Å². The third-order valence-corrected chi connectivity index (χ3v) is 9.00. The van der Waals surface area contributed by atoms with Crippen LogP contribution in [0.2, 0.25) is 0 Å². The van der Waals surface area contributed by atoms with E-state index in [1.54, 1.807) is 6.20 Å². The smallest absolute Gasteiger partial charge is 0.164 e. The van der Waals surface area contributed by atoms with Gasteiger partial charge in [-0.2, -0.15) is 0 Å². The molecule has 0 radical (unpaired) electrons. The fourth-order valence-electron chi connectivity index (χ4n) is 6.26. The molecule has 0 aliphatic rings. The molecule has 0 amide bonds. The van der Waals surface area contributed by atoms with Gasteiger partial charge >= 0.3 is 0 Å². The Balaban J connectivity index is 1.19. The Hall–Kier alpha value is -7.04. The summed E-state index contributed by atoms with van der Waals surface area (Å²) in [6, 6.07) is 56.2. The van der Waals surface area contributed by atoms with E-state index in [9.17, 15) is 0 Å². The number of aromatic nitrogens is 4. The van der Waals surface area contributed by atoms with Crippen molar-refractivity contribution in [2.45, 2.75) is 0 Å². The number of hydrogen-bond donors (Lipinski definition) is 0. The molecule has 2 aromatic heterocycles. The van der Waals surface area contributed by atoms with E-state index in [1.165, 1.54) is 16.3 Å². The van der Waals surface area contributed by atoms with Crippen molar-refractivity contribution in [3.8, 4) is 45.0 Å². The Kier molecular flexibility index (Phi) is 9.18. The van der Waals surface area contributed by atoms with Crippen molar-refractivity contribution >= 4 is 28.0 Å². The molecule has 0 bridgehead atoms. The van der Waals surface area contributed by atoms with Gasteiger partial charge in [-0.15, -0.1) is 0 Å². The summed E-state index contributed by atoms with van der Waals surface area (Å²) in [5.74, 6) is 1.72. The highest BCUT2D eigenvalue weighted by atomic mass is 15.0. The van der Waals surface area contributed by atoms with E-state index in [0.717, 1.165) is 44.5 Å². The first-order valence-electron chi connectivity index (χ1n) is 17.2. The fraction of sp³-hybridized carbons (Fsp3) is 0. The minimum atomic E-state index is 0.520. The summed E-state index contributed by atoms with van der Waals surface area (Å²) in [5, 5.41) is 2.45. The second kappa shape index (κ2) is 14.8. The lowest BCUT2D eigenvalue weighted by atomic mass is 9.95. The molecule has 0 aliphatic heterocycles. The number of rotatable bonds is 9. The molecule has 0 aliphatic carbocycles. The second-order valence-corrected chi connectivity index (χ2v) is 12.5. The van der Waals surface area contributed by atoms with Gasteiger partial charge in [-0.3, -0.25) is 4.98 Å². The van der Waals surface area contributed by atoms with Crippen molar-refractivity contribution < 1.29 is 0 Å². The SMILES string of the molecule is C=C(/C=C(\C=C\c1ccc(-c2cccnc2)cc1)c1ccc(-c2cccc3ccccc23)cc1)c1nc(-c2ccccc2)nc(-c2ccccc2)n1. The van der Waals surface area contributed by atoms with Crippen molar-refractivity contribution in [3.05, 3.63) is 212 Å². The van der Waals surface area contributed by atoms with Gasteiger partial charge in [0.05, 0.1) is 0 Å². The van der Waals surface area contributed by atoms with Crippen molar-refractivity contribution in [1.29, 1.82) is 0 Å². The molecule has 0 saturated heterocycles. The highest BCUT2D eigenvalue weighted by Gasteiger charge is 2.13. The molecule has 52 heavy (non-hydrogen) atoms. The molecular weight excluding hydrogens is 633 g/mol. The van der Waals surface area contributed by atoms with Gasteiger partial charge in [0.1, 0.15) is 0 Å². The van der Waals surface area contributed by atoms with Crippen LogP contribution in [0.25, 0.3) is 73.0 Å². The molecule has 6 aromatic carbocycles. The van der Waals surface area contributed by atoms with E-state index in [1.807, 2.05) is 72.9 Å². The average Bonchev–Trinajstić information content (AvgIpc) is 3.23. The molecule has 0 N–H and O–H groups in total. The summed E-state index contributed by atoms with van der Waals surface area (Å²) in [6.45, 7) is 4.49. The zero-order valence-electron chi connectivity index (χ0n) is 28.5. The molecular formula is C48H34N4. The predicted molar refractivity (Wildman–Crippen MR) is 216 cm³/mol. The molecule has 8 rings (SSSR count). The fourth-order valence-corrected chi connectivity index (χ4v) is 6.26. The number of benzene rings is 6. The first-order chi connectivity index (χ1) is 25.7. The standard InChI is InChI=1S/C48H34N4/c1-34(46-50-47(40-13-4-2-5-14-40)52-48(51-46)41-15-6-3-7-16-41)32-42(26-23-35-21-24-37(25-22-35)43-18-11-31-49-33-43)36-27-29-39(30-28-36)45-20-10-17-38-12-8-9-19-44(38)45/h2-33H,1H2/b26-23+,42-32+. The van der Waals surface area contributed by atoms with E-state index in [4.69, 9.17) is 15.0 Å². The van der Waals surface area contributed by atoms with Gasteiger partial charge in [0.25, 0.3) is 0 Å². The van der Waals surface area contributed by atoms with Crippen LogP contribution in [0.5, 0.6) is 0 Å². The van der Waals surface area contributed by atoms with Crippen LogP contribution in [-0.2, 0) is 0 Å². The molecule has 4 heteroatoms. The molecule has 246 valence electrons. The van der Waals surface area contributed by atoms with Crippen LogP contribution in [0, 0.1) is 0 Å². The van der Waals surface area contributed by atoms with E-state index in [2.05, 4.69) is 127 Å². The third kappa shape index (κ3) is 7.14. The Morgan fingerprint density at radius 3 is 1.79 bits per heavy atom. The molecule has 2 heterocycles. The van der Waals surface area contributed by atoms with Gasteiger partial charge in [0.2, 0.25) is 0 Å².